The van der Waals surface area contributed by atoms with Gasteiger partial charge < -0.3 is 10.2 Å². The summed E-state index contributed by atoms with van der Waals surface area (Å²) in [5.41, 5.74) is 7.72. The van der Waals surface area contributed by atoms with Crippen molar-refractivity contribution in [3.8, 4) is 11.5 Å². The Bertz CT molecular complexity index is 565. The van der Waals surface area contributed by atoms with Gasteiger partial charge in [0.05, 0.1) is 5.69 Å². The van der Waals surface area contributed by atoms with Crippen molar-refractivity contribution < 1.29 is 4.42 Å². The zero-order chi connectivity index (χ0) is 12.5. The molecule has 3 nitrogen and oxygen atoms in total. The Balaban J connectivity index is 1.94. The van der Waals surface area contributed by atoms with Crippen molar-refractivity contribution in [2.45, 2.75) is 19.3 Å². The molecular formula is C14H15ClN2O. The van der Waals surface area contributed by atoms with Crippen LogP contribution in [0, 0.1) is 5.92 Å². The molecule has 0 radical (unpaired) electrons. The Hall–Kier alpha value is -1.32. The molecule has 0 saturated heterocycles. The molecule has 2 N–H and O–H groups in total. The van der Waals surface area contributed by atoms with Gasteiger partial charge in [-0.05, 0) is 43.5 Å². The van der Waals surface area contributed by atoms with Gasteiger partial charge in [0, 0.05) is 17.0 Å². The van der Waals surface area contributed by atoms with Crippen molar-refractivity contribution in [2.24, 2.45) is 11.7 Å². The van der Waals surface area contributed by atoms with Crippen LogP contribution in [0.25, 0.3) is 11.5 Å². The molecule has 94 valence electrons. The van der Waals surface area contributed by atoms with Gasteiger partial charge in [-0.15, -0.1) is 0 Å². The molecular weight excluding hydrogens is 248 g/mol. The first-order chi connectivity index (χ1) is 8.76. The van der Waals surface area contributed by atoms with Crippen LogP contribution in [0.4, 0.5) is 0 Å². The van der Waals surface area contributed by atoms with E-state index in [1.54, 1.807) is 0 Å². The Morgan fingerprint density at radius 1 is 1.44 bits per heavy atom. The molecule has 1 aromatic carbocycles. The van der Waals surface area contributed by atoms with Crippen LogP contribution in [0.2, 0.25) is 5.02 Å². The first-order valence-corrected chi connectivity index (χ1v) is 6.58. The quantitative estimate of drug-likeness (QED) is 0.905. The molecule has 2 aromatic rings. The second-order valence-electron chi connectivity index (χ2n) is 4.74. The van der Waals surface area contributed by atoms with Gasteiger partial charge in [0.15, 0.2) is 0 Å². The number of aryl methyl sites for hydroxylation is 1. The number of nitrogens with two attached hydrogens (primary N) is 1. The number of fused-ring (bicyclic) bond motifs is 1. The number of oxazole rings is 1. The van der Waals surface area contributed by atoms with E-state index in [1.807, 2.05) is 24.3 Å². The van der Waals surface area contributed by atoms with Gasteiger partial charge in [0.1, 0.15) is 5.76 Å². The van der Waals surface area contributed by atoms with Gasteiger partial charge in [-0.2, -0.15) is 0 Å². The molecule has 4 heteroatoms. The Kier molecular flexibility index (Phi) is 3.10. The summed E-state index contributed by atoms with van der Waals surface area (Å²) in [4.78, 5) is 4.58. The maximum atomic E-state index is 5.98. The van der Waals surface area contributed by atoms with E-state index in [-0.39, 0.29) is 0 Å². The normalized spacial score (nSPS) is 18.7. The minimum atomic E-state index is 0.537. The standard InChI is InChI=1S/C14H15ClN2O/c15-11-3-1-2-10(7-11)14-17-12-6-9(8-16)4-5-13(12)18-14/h1-3,7,9H,4-6,8,16H2. The lowest BCUT2D eigenvalue weighted by molar-refractivity contribution is 0.413. The minimum absolute atomic E-state index is 0.537. The van der Waals surface area contributed by atoms with Crippen LogP contribution in [0.5, 0.6) is 0 Å². The maximum absolute atomic E-state index is 5.98. The number of aromatic nitrogens is 1. The van der Waals surface area contributed by atoms with Gasteiger partial charge in [-0.1, -0.05) is 17.7 Å². The van der Waals surface area contributed by atoms with Crippen LogP contribution < -0.4 is 5.73 Å². The molecule has 1 aromatic heterocycles. The summed E-state index contributed by atoms with van der Waals surface area (Å²) in [6, 6.07) is 7.59. The predicted octanol–water partition coefficient (Wildman–Crippen LogP) is 3.06. The summed E-state index contributed by atoms with van der Waals surface area (Å²) in [6.07, 6.45) is 2.95. The molecule has 1 unspecified atom stereocenters. The van der Waals surface area contributed by atoms with Crippen molar-refractivity contribution >= 4 is 11.6 Å². The Labute approximate surface area is 111 Å². The zero-order valence-corrected chi connectivity index (χ0v) is 10.8. The highest BCUT2D eigenvalue weighted by Crippen LogP contribution is 2.30. The van der Waals surface area contributed by atoms with Crippen molar-refractivity contribution in [2.75, 3.05) is 6.54 Å². The number of rotatable bonds is 2. The summed E-state index contributed by atoms with van der Waals surface area (Å²) in [6.45, 7) is 0.721. The number of nitrogens with zero attached hydrogens (tertiary/aromatic N) is 1. The summed E-state index contributed by atoms with van der Waals surface area (Å²) in [5, 5.41) is 0.698. The molecule has 0 amide bonds. The fourth-order valence-corrected chi connectivity index (χ4v) is 2.59. The van der Waals surface area contributed by atoms with Crippen molar-refractivity contribution in [1.82, 2.24) is 4.98 Å². The topological polar surface area (TPSA) is 52.0 Å². The summed E-state index contributed by atoms with van der Waals surface area (Å²) >= 11 is 5.98. The van der Waals surface area contributed by atoms with Crippen LogP contribution in [0.15, 0.2) is 28.7 Å². The van der Waals surface area contributed by atoms with Crippen LogP contribution >= 0.6 is 11.6 Å². The molecule has 0 saturated carbocycles. The van der Waals surface area contributed by atoms with E-state index in [4.69, 9.17) is 21.8 Å². The lowest BCUT2D eigenvalue weighted by Gasteiger charge is -2.17. The maximum Gasteiger partial charge on any atom is 0.226 e. The summed E-state index contributed by atoms with van der Waals surface area (Å²) in [7, 11) is 0. The second kappa shape index (κ2) is 4.75. The van der Waals surface area contributed by atoms with Gasteiger partial charge in [0.2, 0.25) is 5.89 Å². The minimum Gasteiger partial charge on any atom is -0.441 e. The van der Waals surface area contributed by atoms with Gasteiger partial charge in [-0.3, -0.25) is 0 Å². The van der Waals surface area contributed by atoms with E-state index in [0.29, 0.717) is 16.8 Å². The molecule has 1 aliphatic carbocycles. The van der Waals surface area contributed by atoms with Crippen molar-refractivity contribution in [3.05, 3.63) is 40.7 Å². The van der Waals surface area contributed by atoms with E-state index < -0.39 is 0 Å². The fourth-order valence-electron chi connectivity index (χ4n) is 2.40. The average Bonchev–Trinajstić information content (AvgIpc) is 2.81. The van der Waals surface area contributed by atoms with E-state index in [2.05, 4.69) is 4.98 Å². The number of hydrogen-bond acceptors (Lipinski definition) is 3. The van der Waals surface area contributed by atoms with Gasteiger partial charge in [0.25, 0.3) is 0 Å². The van der Waals surface area contributed by atoms with E-state index in [0.717, 1.165) is 42.8 Å². The lowest BCUT2D eigenvalue weighted by Crippen LogP contribution is -2.21. The van der Waals surface area contributed by atoms with Crippen LogP contribution in [-0.4, -0.2) is 11.5 Å². The number of hydrogen-bond donors (Lipinski definition) is 1. The third-order valence-corrected chi connectivity index (χ3v) is 3.68. The molecule has 1 heterocycles. The van der Waals surface area contributed by atoms with Crippen LogP contribution in [-0.2, 0) is 12.8 Å². The lowest BCUT2D eigenvalue weighted by atomic mass is 9.90. The number of halogens is 1. The molecule has 0 bridgehead atoms. The van der Waals surface area contributed by atoms with E-state index >= 15 is 0 Å². The SMILES string of the molecule is NCC1CCc2oc(-c3cccc(Cl)c3)nc2C1. The first-order valence-electron chi connectivity index (χ1n) is 6.21. The third-order valence-electron chi connectivity index (χ3n) is 3.44. The molecule has 1 atom stereocenters. The highest BCUT2D eigenvalue weighted by Gasteiger charge is 2.23. The summed E-state index contributed by atoms with van der Waals surface area (Å²) < 4.78 is 5.83. The largest absolute Gasteiger partial charge is 0.441 e. The highest BCUT2D eigenvalue weighted by atomic mass is 35.5. The van der Waals surface area contributed by atoms with E-state index in [1.165, 1.54) is 0 Å². The third kappa shape index (κ3) is 2.16. The van der Waals surface area contributed by atoms with Gasteiger partial charge >= 0.3 is 0 Å². The molecule has 1 aliphatic rings. The average molecular weight is 263 g/mol. The summed E-state index contributed by atoms with van der Waals surface area (Å²) in [5.74, 6) is 2.21. The zero-order valence-electron chi connectivity index (χ0n) is 10.0. The molecule has 0 aliphatic heterocycles. The molecule has 0 fully saturated rings. The van der Waals surface area contributed by atoms with Crippen molar-refractivity contribution in [3.63, 3.8) is 0 Å². The monoisotopic (exact) mass is 262 g/mol. The molecule has 3 rings (SSSR count). The van der Waals surface area contributed by atoms with Gasteiger partial charge in [-0.25, -0.2) is 4.98 Å². The smallest absolute Gasteiger partial charge is 0.226 e. The Morgan fingerprint density at radius 3 is 3.11 bits per heavy atom. The Morgan fingerprint density at radius 2 is 2.33 bits per heavy atom. The first kappa shape index (κ1) is 11.8. The van der Waals surface area contributed by atoms with Crippen molar-refractivity contribution in [1.29, 1.82) is 0 Å². The van der Waals surface area contributed by atoms with E-state index in [9.17, 15) is 0 Å². The highest BCUT2D eigenvalue weighted by molar-refractivity contribution is 6.30. The number of benzene rings is 1. The predicted molar refractivity (Wildman–Crippen MR) is 71.5 cm³/mol. The fraction of sp³-hybridized carbons (Fsp3) is 0.357. The molecule has 0 spiro atoms. The second-order valence-corrected chi connectivity index (χ2v) is 5.18. The van der Waals surface area contributed by atoms with Crippen LogP contribution in [0.3, 0.4) is 0 Å². The van der Waals surface area contributed by atoms with Crippen LogP contribution in [0.1, 0.15) is 17.9 Å². The molecule has 18 heavy (non-hydrogen) atoms.